The van der Waals surface area contributed by atoms with Crippen molar-refractivity contribution in [2.24, 2.45) is 0 Å². The highest BCUT2D eigenvalue weighted by atomic mass is 35.5. The van der Waals surface area contributed by atoms with E-state index >= 15 is 0 Å². The van der Waals surface area contributed by atoms with Gasteiger partial charge in [-0.1, -0.05) is 40.2 Å². The summed E-state index contributed by atoms with van der Waals surface area (Å²) in [6, 6.07) is 13.2. The first-order valence-electron chi connectivity index (χ1n) is 22.9. The second-order valence-corrected chi connectivity index (χ2v) is 15.6. The molecule has 0 aliphatic rings. The molecule has 0 saturated carbocycles. The smallest absolute Gasteiger partial charge is 0.330 e. The monoisotopic (exact) mass is 1130 g/mol. The number of aliphatic hydroxyl groups excluding tert-OH is 2. The number of nitrogens with zero attached hydrogens (tertiary/aromatic N) is 4. The lowest BCUT2D eigenvalue weighted by Crippen LogP contribution is -2.36. The van der Waals surface area contributed by atoms with Gasteiger partial charge in [0.1, 0.15) is 44.6 Å². The largest absolute Gasteiger partial charge is 0.467 e. The molecule has 424 valence electrons. The molecule has 0 unspecified atom stereocenters. The summed E-state index contributed by atoms with van der Waals surface area (Å²) in [6.45, 7) is 40.4. The van der Waals surface area contributed by atoms with Gasteiger partial charge < -0.3 is 38.0 Å². The number of halogens is 4. The molecule has 0 aliphatic carbocycles. The van der Waals surface area contributed by atoms with E-state index in [1.165, 1.54) is 26.4 Å². The van der Waals surface area contributed by atoms with Crippen LogP contribution >= 0.6 is 46.4 Å². The number of carbonyl (C=O) groups excluding carboxylic acids is 6. The summed E-state index contributed by atoms with van der Waals surface area (Å²) in [5.41, 5.74) is 0. The van der Waals surface area contributed by atoms with Crippen molar-refractivity contribution >= 4 is 80.8 Å². The number of hydrogen-bond acceptors (Lipinski definition) is 18. The summed E-state index contributed by atoms with van der Waals surface area (Å²) in [5, 5.41) is 30.2. The third-order valence-electron chi connectivity index (χ3n) is 7.23. The van der Waals surface area contributed by atoms with E-state index in [9.17, 15) is 28.8 Å². The molecule has 2 rings (SSSR count). The van der Waals surface area contributed by atoms with Gasteiger partial charge in [-0.25, -0.2) is 14.4 Å². The van der Waals surface area contributed by atoms with Crippen molar-refractivity contribution in [1.82, 2.24) is 9.80 Å². The second-order valence-electron chi connectivity index (χ2n) is 14.0. The van der Waals surface area contributed by atoms with Gasteiger partial charge >= 0.3 is 23.9 Å². The lowest BCUT2D eigenvalue weighted by Gasteiger charge is -2.28. The standard InChI is InChI=1S/C8H11ClO4.2C8H19N.C8H8O3.C5H8O3.C5H6O2.C3H4Cl2O.C3H3ClO.2C2H3N/c1-2-7(10)12-5-6-13-8(11)3-4-9;2*1-6-9(7(2)3)8(4)5;1-2-8(9)11-6-7-4-3-5-10-7;1-2-5(7)8-4-3-6;6-4-5-2-1-3-7-5;4-2-1-3(5)6;1-2-3(4)5;2*1-2-3/h2H,1,3-6H2;2*7-8H,6H2,1-5H3;2-5H,1,6H2;2,6H,1,3-4H2;1-3,6H,4H2;1-2H2;2H,1H2;2*1H3. The Labute approximate surface area is 461 Å². The minimum absolute atomic E-state index is 0.00694. The number of hydrogen-bond donors (Lipinski definition) is 2. The molecule has 0 aromatic carbocycles. The third-order valence-corrected chi connectivity index (χ3v) is 7.95. The quantitative estimate of drug-likeness (QED) is 0.0277. The van der Waals surface area contributed by atoms with Gasteiger partial charge in [-0.2, -0.15) is 10.5 Å². The van der Waals surface area contributed by atoms with E-state index in [1.807, 2.05) is 0 Å². The van der Waals surface area contributed by atoms with Gasteiger partial charge in [0.05, 0.1) is 37.7 Å². The molecule has 0 fully saturated rings. The molecular weight excluding hydrogens is 1050 g/mol. The van der Waals surface area contributed by atoms with Crippen LogP contribution in [0, 0.1) is 22.7 Å². The zero-order valence-electron chi connectivity index (χ0n) is 45.5. The summed E-state index contributed by atoms with van der Waals surface area (Å²) in [4.78, 5) is 65.9. The van der Waals surface area contributed by atoms with Crippen LogP contribution in [0.2, 0.25) is 0 Å². The Morgan fingerprint density at radius 1 is 0.622 bits per heavy atom. The van der Waals surface area contributed by atoms with Crippen LogP contribution in [0.15, 0.2) is 96.2 Å². The Morgan fingerprint density at radius 2 is 0.959 bits per heavy atom. The fraction of sp³-hybridized carbons (Fsp3) is 0.538. The molecule has 2 aromatic heterocycles. The second kappa shape index (κ2) is 67.7. The molecule has 0 aliphatic heterocycles. The van der Waals surface area contributed by atoms with Crippen molar-refractivity contribution in [1.29, 1.82) is 10.5 Å². The fourth-order valence-corrected chi connectivity index (χ4v) is 4.95. The average molecular weight is 1130 g/mol. The van der Waals surface area contributed by atoms with Crippen molar-refractivity contribution in [3.05, 3.63) is 98.9 Å². The summed E-state index contributed by atoms with van der Waals surface area (Å²) >= 11 is 19.9. The first-order valence-corrected chi connectivity index (χ1v) is 24.7. The number of alkyl halides is 2. The molecule has 74 heavy (non-hydrogen) atoms. The molecule has 2 heterocycles. The van der Waals surface area contributed by atoms with Crippen molar-refractivity contribution < 1.29 is 66.8 Å². The van der Waals surface area contributed by atoms with Crippen molar-refractivity contribution in [3.63, 3.8) is 0 Å². The first kappa shape index (κ1) is 85.5. The summed E-state index contributed by atoms with van der Waals surface area (Å²) < 4.78 is 27.9. The van der Waals surface area contributed by atoms with Gasteiger partial charge in [-0.15, -0.1) is 23.2 Å². The third kappa shape index (κ3) is 78.2. The van der Waals surface area contributed by atoms with Crippen LogP contribution in [-0.4, -0.2) is 130 Å². The molecule has 0 radical (unpaired) electrons. The number of allylic oxidation sites excluding steroid dienone is 1. The van der Waals surface area contributed by atoms with Crippen molar-refractivity contribution in [3.8, 4) is 12.1 Å². The number of ether oxygens (including phenoxy) is 4. The van der Waals surface area contributed by atoms with E-state index in [2.05, 4.69) is 124 Å². The van der Waals surface area contributed by atoms with E-state index in [0.29, 0.717) is 41.6 Å². The van der Waals surface area contributed by atoms with Crippen LogP contribution < -0.4 is 0 Å². The minimum atomic E-state index is -0.534. The Kier molecular flexibility index (Phi) is 78.2. The van der Waals surface area contributed by atoms with Gasteiger partial charge in [-0.3, -0.25) is 24.2 Å². The maximum atomic E-state index is 10.7. The van der Waals surface area contributed by atoms with Crippen LogP contribution in [0.25, 0.3) is 0 Å². The SMILES string of the molecule is C=CC(=O)Cl.C=CC(=O)OCCO.C=CC(=O)OCCOC(=O)CCCl.C=CC(=O)OCc1ccco1.CC#N.CC#N.CCN(C(C)C)C(C)C.CCN(C(C)C)C(C)C.O=C(Cl)CCCl.OCc1ccco1. The average Bonchev–Trinajstić information content (AvgIpc) is 4.09. The van der Waals surface area contributed by atoms with Crippen LogP contribution in [0.5, 0.6) is 0 Å². The highest BCUT2D eigenvalue weighted by Crippen LogP contribution is 2.04. The normalized spacial score (nSPS) is 8.95. The zero-order valence-corrected chi connectivity index (χ0v) is 48.5. The van der Waals surface area contributed by atoms with Gasteiger partial charge in [0, 0.05) is 74.4 Å². The number of carbonyl (C=O) groups is 6. The molecular formula is C52H84Cl4N4O14. The molecule has 0 spiro atoms. The number of aliphatic hydroxyl groups is 2. The van der Waals surface area contributed by atoms with Crippen molar-refractivity contribution in [2.75, 3.05) is 51.3 Å². The molecule has 2 N–H and O–H groups in total. The molecule has 18 nitrogen and oxygen atoms in total. The Bertz CT molecular complexity index is 1700. The van der Waals surface area contributed by atoms with E-state index in [0.717, 1.165) is 37.4 Å². The van der Waals surface area contributed by atoms with Gasteiger partial charge in [-0.05, 0) is 122 Å². The Hall–Kier alpha value is -5.28. The van der Waals surface area contributed by atoms with Crippen LogP contribution in [0.4, 0.5) is 0 Å². The first-order chi connectivity index (χ1) is 34.8. The maximum absolute atomic E-state index is 10.7. The number of esters is 4. The highest BCUT2D eigenvalue weighted by Gasteiger charge is 2.10. The predicted molar refractivity (Wildman–Crippen MR) is 294 cm³/mol. The topological polar surface area (TPSA) is 260 Å². The number of nitriles is 2. The summed E-state index contributed by atoms with van der Waals surface area (Å²) in [6.07, 6.45) is 7.74. The number of furan rings is 2. The highest BCUT2D eigenvalue weighted by molar-refractivity contribution is 6.66. The molecule has 2 aromatic rings. The Balaban J connectivity index is -0.000000112. The summed E-state index contributed by atoms with van der Waals surface area (Å²) in [7, 11) is 0. The van der Waals surface area contributed by atoms with Gasteiger partial charge in [0.2, 0.25) is 10.5 Å². The van der Waals surface area contributed by atoms with E-state index in [1.54, 1.807) is 36.4 Å². The molecule has 0 saturated heterocycles. The van der Waals surface area contributed by atoms with Crippen molar-refractivity contribution in [2.45, 2.75) is 133 Å². The van der Waals surface area contributed by atoms with E-state index in [4.69, 9.17) is 76.0 Å². The number of rotatable bonds is 22. The minimum Gasteiger partial charge on any atom is -0.467 e. The lowest BCUT2D eigenvalue weighted by molar-refractivity contribution is -0.149. The molecule has 0 bridgehead atoms. The van der Waals surface area contributed by atoms with Crippen LogP contribution in [-0.2, 0) is 60.9 Å². The van der Waals surface area contributed by atoms with Gasteiger partial charge in [0.25, 0.3) is 0 Å². The summed E-state index contributed by atoms with van der Waals surface area (Å²) in [5.74, 6) is -0.0909. The Morgan fingerprint density at radius 3 is 1.18 bits per heavy atom. The maximum Gasteiger partial charge on any atom is 0.330 e. The fourth-order valence-electron chi connectivity index (χ4n) is 4.44. The molecule has 0 atom stereocenters. The predicted octanol–water partition coefficient (Wildman–Crippen LogP) is 10.5. The molecule has 0 amide bonds. The molecule has 22 heteroatoms. The zero-order chi connectivity index (χ0) is 59.3. The van der Waals surface area contributed by atoms with E-state index < -0.39 is 29.1 Å². The van der Waals surface area contributed by atoms with E-state index in [-0.39, 0.29) is 63.6 Å². The van der Waals surface area contributed by atoms with Crippen LogP contribution in [0.3, 0.4) is 0 Å². The van der Waals surface area contributed by atoms with Crippen LogP contribution in [0.1, 0.15) is 107 Å². The van der Waals surface area contributed by atoms with Gasteiger partial charge in [0.15, 0.2) is 0 Å². The lowest BCUT2D eigenvalue weighted by atomic mass is 10.2.